The first-order valence-corrected chi connectivity index (χ1v) is 19.9. The van der Waals surface area contributed by atoms with Gasteiger partial charge in [0.1, 0.15) is 0 Å². The van der Waals surface area contributed by atoms with Crippen molar-refractivity contribution in [3.8, 4) is 56.2 Å². The van der Waals surface area contributed by atoms with Gasteiger partial charge in [-0.2, -0.15) is 0 Å². The molecule has 0 atom stereocenters. The lowest BCUT2D eigenvalue weighted by atomic mass is 9.43. The van der Waals surface area contributed by atoms with Crippen LogP contribution in [0.1, 0.15) is 43.2 Å². The van der Waals surface area contributed by atoms with Gasteiger partial charge in [-0.05, 0) is 129 Å². The molecule has 5 aliphatic carbocycles. The van der Waals surface area contributed by atoms with Crippen molar-refractivity contribution in [3.63, 3.8) is 0 Å². The maximum absolute atomic E-state index is 5.26. The molecule has 4 bridgehead atoms. The van der Waals surface area contributed by atoms with Gasteiger partial charge in [0.15, 0.2) is 5.82 Å². The molecule has 0 saturated heterocycles. The van der Waals surface area contributed by atoms with Gasteiger partial charge in [0.05, 0.1) is 11.4 Å². The minimum Gasteiger partial charge on any atom is -0.228 e. The zero-order valence-corrected chi connectivity index (χ0v) is 30.3. The van der Waals surface area contributed by atoms with Crippen molar-refractivity contribution in [2.75, 3.05) is 0 Å². The fourth-order valence-corrected chi connectivity index (χ4v) is 12.0. The molecule has 0 aliphatic heterocycles. The number of benzene rings is 7. The summed E-state index contributed by atoms with van der Waals surface area (Å²) >= 11 is 0. The van der Waals surface area contributed by atoms with Gasteiger partial charge >= 0.3 is 0 Å². The highest BCUT2D eigenvalue weighted by atomic mass is 14.9. The Morgan fingerprint density at radius 3 is 1.72 bits per heavy atom. The summed E-state index contributed by atoms with van der Waals surface area (Å²) in [6.07, 6.45) is 7.00. The van der Waals surface area contributed by atoms with Crippen LogP contribution in [0.15, 0.2) is 158 Å². The fourth-order valence-electron chi connectivity index (χ4n) is 12.0. The molecule has 1 spiro atoms. The first-order valence-electron chi connectivity index (χ1n) is 19.9. The number of nitrogens with zero attached hydrogens (tertiary/aromatic N) is 2. The van der Waals surface area contributed by atoms with Crippen molar-refractivity contribution in [3.05, 3.63) is 169 Å². The highest BCUT2D eigenvalue weighted by Crippen LogP contribution is 2.70. The third kappa shape index (κ3) is 4.34. The van der Waals surface area contributed by atoms with Crippen LogP contribution in [0.4, 0.5) is 0 Å². The molecule has 4 saturated carbocycles. The zero-order valence-electron chi connectivity index (χ0n) is 30.3. The molecule has 2 heteroatoms. The SMILES string of the molecule is c1ccc(-c2cc(-c3ccc(-c4cccc5c4-c4cc6ccccc6cc4C54C5CC6CC(C5)CC4C6)c4ccccc34)nc(-c3ccccc3)n2)cc1. The molecule has 2 nitrogen and oxygen atoms in total. The van der Waals surface area contributed by atoms with Crippen LogP contribution in [-0.4, -0.2) is 9.97 Å². The van der Waals surface area contributed by atoms with Gasteiger partial charge in [0.2, 0.25) is 0 Å². The summed E-state index contributed by atoms with van der Waals surface area (Å²) in [5.41, 5.74) is 14.0. The molecule has 0 radical (unpaired) electrons. The van der Waals surface area contributed by atoms with E-state index in [9.17, 15) is 0 Å². The molecular formula is C52H40N2. The molecule has 258 valence electrons. The van der Waals surface area contributed by atoms with Crippen molar-refractivity contribution >= 4 is 21.5 Å². The van der Waals surface area contributed by atoms with E-state index in [1.165, 1.54) is 75.9 Å². The van der Waals surface area contributed by atoms with Crippen molar-refractivity contribution in [1.29, 1.82) is 0 Å². The summed E-state index contributed by atoms with van der Waals surface area (Å²) in [4.78, 5) is 10.3. The second-order valence-corrected chi connectivity index (χ2v) is 16.5. The molecule has 5 aliphatic rings. The van der Waals surface area contributed by atoms with Gasteiger partial charge in [-0.3, -0.25) is 0 Å². The highest BCUT2D eigenvalue weighted by molar-refractivity contribution is 6.09. The summed E-state index contributed by atoms with van der Waals surface area (Å²) in [5.74, 6) is 4.01. The van der Waals surface area contributed by atoms with E-state index < -0.39 is 0 Å². The monoisotopic (exact) mass is 692 g/mol. The lowest BCUT2D eigenvalue weighted by Crippen LogP contribution is -2.55. The third-order valence-corrected chi connectivity index (χ3v) is 13.9. The van der Waals surface area contributed by atoms with Crippen LogP contribution in [0.5, 0.6) is 0 Å². The average Bonchev–Trinajstić information content (AvgIpc) is 3.51. The topological polar surface area (TPSA) is 25.8 Å². The van der Waals surface area contributed by atoms with Crippen molar-refractivity contribution in [2.45, 2.75) is 37.5 Å². The fraction of sp³-hybridized carbons (Fsp3) is 0.192. The molecule has 7 aromatic carbocycles. The zero-order chi connectivity index (χ0) is 35.4. The Morgan fingerprint density at radius 1 is 0.407 bits per heavy atom. The van der Waals surface area contributed by atoms with E-state index in [1.807, 2.05) is 6.07 Å². The van der Waals surface area contributed by atoms with Crippen LogP contribution in [0.2, 0.25) is 0 Å². The Kier molecular flexibility index (Phi) is 6.55. The Hall–Kier alpha value is -5.86. The van der Waals surface area contributed by atoms with Crippen molar-refractivity contribution < 1.29 is 0 Å². The molecule has 1 heterocycles. The number of rotatable bonds is 4. The molecule has 0 unspecified atom stereocenters. The predicted molar refractivity (Wildman–Crippen MR) is 222 cm³/mol. The quantitative estimate of drug-likeness (QED) is 0.183. The second-order valence-electron chi connectivity index (χ2n) is 16.5. The van der Waals surface area contributed by atoms with E-state index in [0.29, 0.717) is 0 Å². The van der Waals surface area contributed by atoms with Crippen LogP contribution >= 0.6 is 0 Å². The van der Waals surface area contributed by atoms with Crippen LogP contribution < -0.4 is 0 Å². The molecule has 1 aromatic heterocycles. The van der Waals surface area contributed by atoms with E-state index in [-0.39, 0.29) is 5.41 Å². The molecule has 8 aromatic rings. The Labute approximate surface area is 316 Å². The van der Waals surface area contributed by atoms with E-state index in [1.54, 1.807) is 11.1 Å². The summed E-state index contributed by atoms with van der Waals surface area (Å²) in [6.45, 7) is 0. The standard InChI is InChI=1S/C52H40N2/c1-3-12-34(13-4-1)48-31-49(54-51(53-48)35-14-5-2-6-15-35)43-23-22-42(40-18-9-10-19-41(40)43)44-20-11-21-46-50(44)45-29-36-16-7-8-17-37(36)30-47(45)52(46)38-25-32-24-33(27-38)28-39(52)26-32/h1-23,29-33,38-39H,24-28H2. The first-order chi connectivity index (χ1) is 26.7. The van der Waals surface area contributed by atoms with E-state index in [4.69, 9.17) is 9.97 Å². The number of hydrogen-bond donors (Lipinski definition) is 0. The maximum atomic E-state index is 5.26. The van der Waals surface area contributed by atoms with E-state index in [0.717, 1.165) is 57.6 Å². The largest absolute Gasteiger partial charge is 0.228 e. The normalized spacial score (nSPS) is 23.3. The number of hydrogen-bond acceptors (Lipinski definition) is 2. The molecule has 0 N–H and O–H groups in total. The highest BCUT2D eigenvalue weighted by Gasteiger charge is 2.61. The van der Waals surface area contributed by atoms with Gasteiger partial charge < -0.3 is 0 Å². The van der Waals surface area contributed by atoms with Crippen LogP contribution in [0.3, 0.4) is 0 Å². The summed E-state index contributed by atoms with van der Waals surface area (Å²) in [6, 6.07) is 58.2. The number of fused-ring (bicyclic) bond motifs is 5. The second kappa shape index (κ2) is 11.6. The Bertz CT molecular complexity index is 2700. The Balaban J connectivity index is 1.09. The minimum atomic E-state index is 0.108. The summed E-state index contributed by atoms with van der Waals surface area (Å²) < 4.78 is 0. The van der Waals surface area contributed by atoms with Crippen molar-refractivity contribution in [1.82, 2.24) is 9.97 Å². The van der Waals surface area contributed by atoms with Gasteiger partial charge in [0, 0.05) is 22.1 Å². The maximum Gasteiger partial charge on any atom is 0.160 e. The molecule has 0 amide bonds. The molecule has 13 rings (SSSR count). The average molecular weight is 693 g/mol. The van der Waals surface area contributed by atoms with Gasteiger partial charge in [-0.1, -0.05) is 140 Å². The van der Waals surface area contributed by atoms with E-state index in [2.05, 4.69) is 152 Å². The third-order valence-electron chi connectivity index (χ3n) is 13.9. The van der Waals surface area contributed by atoms with Crippen LogP contribution in [-0.2, 0) is 5.41 Å². The summed E-state index contributed by atoms with van der Waals surface area (Å²) in [5, 5.41) is 5.19. The van der Waals surface area contributed by atoms with Gasteiger partial charge in [0.25, 0.3) is 0 Å². The lowest BCUT2D eigenvalue weighted by molar-refractivity contribution is -0.0398. The van der Waals surface area contributed by atoms with Gasteiger partial charge in [-0.15, -0.1) is 0 Å². The first kappa shape index (κ1) is 30.6. The smallest absolute Gasteiger partial charge is 0.160 e. The molecular weight excluding hydrogens is 653 g/mol. The van der Waals surface area contributed by atoms with Crippen LogP contribution in [0.25, 0.3) is 77.7 Å². The van der Waals surface area contributed by atoms with E-state index >= 15 is 0 Å². The lowest BCUT2D eigenvalue weighted by Gasteiger charge is -2.61. The molecule has 4 fully saturated rings. The van der Waals surface area contributed by atoms with Gasteiger partial charge in [-0.25, -0.2) is 9.97 Å². The Morgan fingerprint density at radius 2 is 1.00 bits per heavy atom. The van der Waals surface area contributed by atoms with Crippen molar-refractivity contribution in [2.24, 2.45) is 23.7 Å². The van der Waals surface area contributed by atoms with Crippen LogP contribution in [0, 0.1) is 23.7 Å². The predicted octanol–water partition coefficient (Wildman–Crippen LogP) is 13.2. The minimum absolute atomic E-state index is 0.108. The molecule has 54 heavy (non-hydrogen) atoms. The summed E-state index contributed by atoms with van der Waals surface area (Å²) in [7, 11) is 0. The number of aromatic nitrogens is 2.